The summed E-state index contributed by atoms with van der Waals surface area (Å²) in [6.45, 7) is 0. The smallest absolute Gasteiger partial charge is 0.322 e. The Balaban J connectivity index is 2.22. The van der Waals surface area contributed by atoms with Gasteiger partial charge in [-0.25, -0.2) is 0 Å². The number of esters is 1. The zero-order valence-corrected chi connectivity index (χ0v) is 11.3. The van der Waals surface area contributed by atoms with Crippen LogP contribution in [0.15, 0.2) is 0 Å². The van der Waals surface area contributed by atoms with E-state index in [9.17, 15) is 24.6 Å². The lowest BCUT2D eigenvalue weighted by atomic mass is 9.38. The van der Waals surface area contributed by atoms with Crippen LogP contribution in [0.25, 0.3) is 0 Å². The fourth-order valence-electron chi connectivity index (χ4n) is 5.41. The lowest BCUT2D eigenvalue weighted by Gasteiger charge is -2.62. The van der Waals surface area contributed by atoms with Gasteiger partial charge in [-0.2, -0.15) is 0 Å². The van der Waals surface area contributed by atoms with E-state index >= 15 is 0 Å². The van der Waals surface area contributed by atoms with Crippen molar-refractivity contribution in [2.24, 2.45) is 28.6 Å². The van der Waals surface area contributed by atoms with Crippen LogP contribution in [0.5, 0.6) is 0 Å². The Labute approximate surface area is 116 Å². The van der Waals surface area contributed by atoms with Crippen LogP contribution in [0.3, 0.4) is 0 Å². The molecular formula is C14H18O6. The first-order valence-electron chi connectivity index (χ1n) is 6.93. The molecule has 4 rings (SSSR count). The molecule has 0 heterocycles. The lowest BCUT2D eigenvalue weighted by Crippen LogP contribution is -2.69. The maximum atomic E-state index is 12.3. The molecule has 4 saturated carbocycles. The average molecular weight is 282 g/mol. The molecular weight excluding hydrogens is 264 g/mol. The number of ether oxygens (including phenoxy) is 1. The number of methoxy groups -OCH3 is 1. The first-order chi connectivity index (χ1) is 9.38. The van der Waals surface area contributed by atoms with E-state index in [1.165, 1.54) is 7.11 Å². The summed E-state index contributed by atoms with van der Waals surface area (Å²) in [5.74, 6) is -3.42. The van der Waals surface area contributed by atoms with Gasteiger partial charge in [-0.3, -0.25) is 14.4 Å². The molecule has 2 atom stereocenters. The van der Waals surface area contributed by atoms with Crippen LogP contribution < -0.4 is 0 Å². The second kappa shape index (κ2) is 3.96. The second-order valence-electron chi connectivity index (χ2n) is 6.54. The molecule has 6 heteroatoms. The average Bonchev–Trinajstić information content (AvgIpc) is 2.35. The third-order valence-electron chi connectivity index (χ3n) is 5.79. The van der Waals surface area contributed by atoms with Crippen molar-refractivity contribution in [1.82, 2.24) is 0 Å². The van der Waals surface area contributed by atoms with Gasteiger partial charge in [0.1, 0.15) is 0 Å². The van der Waals surface area contributed by atoms with Crippen molar-refractivity contribution in [3.05, 3.63) is 0 Å². The molecule has 110 valence electrons. The summed E-state index contributed by atoms with van der Waals surface area (Å²) in [6.07, 6.45) is 2.81. The van der Waals surface area contributed by atoms with Crippen molar-refractivity contribution in [2.75, 3.05) is 7.11 Å². The highest BCUT2D eigenvalue weighted by Gasteiger charge is 2.76. The number of carboxylic acid groups (broad SMARTS) is 2. The van der Waals surface area contributed by atoms with Gasteiger partial charge in [-0.1, -0.05) is 0 Å². The third kappa shape index (κ3) is 1.27. The van der Waals surface area contributed by atoms with Gasteiger partial charge in [0.15, 0.2) is 5.41 Å². The van der Waals surface area contributed by atoms with Crippen LogP contribution in [-0.4, -0.2) is 35.2 Å². The van der Waals surface area contributed by atoms with Crippen molar-refractivity contribution in [3.63, 3.8) is 0 Å². The summed E-state index contributed by atoms with van der Waals surface area (Å²) in [4.78, 5) is 36.1. The molecule has 2 N–H and O–H groups in total. The van der Waals surface area contributed by atoms with E-state index in [2.05, 4.69) is 0 Å². The summed E-state index contributed by atoms with van der Waals surface area (Å²) >= 11 is 0. The minimum absolute atomic E-state index is 0.249. The summed E-state index contributed by atoms with van der Waals surface area (Å²) in [6, 6.07) is 0. The third-order valence-corrected chi connectivity index (χ3v) is 5.79. The van der Waals surface area contributed by atoms with E-state index in [1.54, 1.807) is 0 Å². The van der Waals surface area contributed by atoms with Crippen LogP contribution >= 0.6 is 0 Å². The molecule has 0 radical (unpaired) electrons. The Hall–Kier alpha value is -1.59. The van der Waals surface area contributed by atoms with Crippen LogP contribution in [0.2, 0.25) is 0 Å². The Bertz CT molecular complexity index is 468. The Morgan fingerprint density at radius 3 is 1.90 bits per heavy atom. The van der Waals surface area contributed by atoms with Crippen molar-refractivity contribution < 1.29 is 29.3 Å². The molecule has 4 fully saturated rings. The van der Waals surface area contributed by atoms with E-state index in [-0.39, 0.29) is 11.8 Å². The minimum Gasteiger partial charge on any atom is -0.480 e. The molecule has 0 aliphatic heterocycles. The Morgan fingerprint density at radius 1 is 1.00 bits per heavy atom. The molecule has 0 aromatic carbocycles. The van der Waals surface area contributed by atoms with Gasteiger partial charge < -0.3 is 14.9 Å². The zero-order chi connectivity index (χ0) is 14.7. The normalized spacial score (nSPS) is 40.4. The number of rotatable bonds is 3. The van der Waals surface area contributed by atoms with Gasteiger partial charge in [0, 0.05) is 0 Å². The fraction of sp³-hybridized carbons (Fsp3) is 0.786. The monoisotopic (exact) mass is 282 g/mol. The summed E-state index contributed by atoms with van der Waals surface area (Å²) in [5.41, 5.74) is -3.41. The highest BCUT2D eigenvalue weighted by Crippen LogP contribution is 2.69. The standard InChI is InChI=1S/C14H18O6/c1-20-12(19)13-5-7-2-8(6-13)4-9(3-7)14(13,10(15)16)11(17)18/h7-9H,2-6H2,1H3,(H,15,16)(H,17,18). The Kier molecular flexibility index (Phi) is 2.65. The van der Waals surface area contributed by atoms with E-state index in [4.69, 9.17) is 4.74 Å². The number of hydrogen-bond donors (Lipinski definition) is 2. The van der Waals surface area contributed by atoms with E-state index in [0.717, 1.165) is 6.42 Å². The molecule has 0 aromatic heterocycles. The highest BCUT2D eigenvalue weighted by atomic mass is 16.5. The number of carbonyl (C=O) groups excluding carboxylic acids is 1. The zero-order valence-electron chi connectivity index (χ0n) is 11.3. The summed E-state index contributed by atoms with van der Waals surface area (Å²) in [5, 5.41) is 19.4. The fourth-order valence-corrected chi connectivity index (χ4v) is 5.41. The molecule has 4 bridgehead atoms. The quantitative estimate of drug-likeness (QED) is 0.594. The molecule has 0 spiro atoms. The largest absolute Gasteiger partial charge is 0.480 e. The molecule has 4 aliphatic carbocycles. The maximum Gasteiger partial charge on any atom is 0.322 e. The predicted octanol–water partition coefficient (Wildman–Crippen LogP) is 1.14. The van der Waals surface area contributed by atoms with E-state index in [1.807, 2.05) is 0 Å². The molecule has 2 unspecified atom stereocenters. The molecule has 0 amide bonds. The maximum absolute atomic E-state index is 12.3. The van der Waals surface area contributed by atoms with Gasteiger partial charge in [-0.15, -0.1) is 0 Å². The van der Waals surface area contributed by atoms with Crippen LogP contribution in [-0.2, 0) is 19.1 Å². The van der Waals surface area contributed by atoms with Crippen LogP contribution in [0, 0.1) is 28.6 Å². The van der Waals surface area contributed by atoms with Gasteiger partial charge in [0.25, 0.3) is 0 Å². The van der Waals surface area contributed by atoms with Crippen molar-refractivity contribution in [3.8, 4) is 0 Å². The summed E-state index contributed by atoms with van der Waals surface area (Å²) < 4.78 is 4.83. The predicted molar refractivity (Wildman–Crippen MR) is 65.7 cm³/mol. The van der Waals surface area contributed by atoms with Gasteiger partial charge in [0.05, 0.1) is 12.5 Å². The van der Waals surface area contributed by atoms with E-state index in [0.29, 0.717) is 25.7 Å². The molecule has 6 nitrogen and oxygen atoms in total. The first-order valence-corrected chi connectivity index (χ1v) is 6.93. The number of hydrogen-bond acceptors (Lipinski definition) is 4. The first kappa shape index (κ1) is 13.4. The number of carbonyl (C=O) groups is 3. The van der Waals surface area contributed by atoms with Gasteiger partial charge in [0.2, 0.25) is 0 Å². The van der Waals surface area contributed by atoms with Crippen LogP contribution in [0.4, 0.5) is 0 Å². The molecule has 20 heavy (non-hydrogen) atoms. The second-order valence-corrected chi connectivity index (χ2v) is 6.54. The van der Waals surface area contributed by atoms with Crippen molar-refractivity contribution in [1.29, 1.82) is 0 Å². The number of carboxylic acids is 2. The van der Waals surface area contributed by atoms with Gasteiger partial charge in [-0.05, 0) is 49.9 Å². The molecule has 0 saturated heterocycles. The lowest BCUT2D eigenvalue weighted by molar-refractivity contribution is -0.224. The molecule has 4 aliphatic rings. The Morgan fingerprint density at radius 2 is 1.50 bits per heavy atom. The van der Waals surface area contributed by atoms with Crippen LogP contribution in [0.1, 0.15) is 32.1 Å². The van der Waals surface area contributed by atoms with Gasteiger partial charge >= 0.3 is 17.9 Å². The summed E-state index contributed by atoms with van der Waals surface area (Å²) in [7, 11) is 1.20. The SMILES string of the molecule is COC(=O)C12CC3CC(CC(C3)C1(C(=O)O)C(=O)O)C2. The molecule has 0 aromatic rings. The minimum atomic E-state index is -2.02. The van der Waals surface area contributed by atoms with Crippen molar-refractivity contribution >= 4 is 17.9 Å². The number of aliphatic carboxylic acids is 2. The van der Waals surface area contributed by atoms with Crippen molar-refractivity contribution in [2.45, 2.75) is 32.1 Å². The highest BCUT2D eigenvalue weighted by molar-refractivity contribution is 6.05. The topological polar surface area (TPSA) is 101 Å². The van der Waals surface area contributed by atoms with E-state index < -0.39 is 34.7 Å².